The zero-order chi connectivity index (χ0) is 17.6. The summed E-state index contributed by atoms with van der Waals surface area (Å²) in [5, 5.41) is 1.11. The largest absolute Gasteiger partial charge is 0.497 e. The number of hydrogen-bond acceptors (Lipinski definition) is 3. The number of nitrogens with zero attached hydrogens (tertiary/aromatic N) is 2. The Morgan fingerprint density at radius 3 is 2.84 bits per heavy atom. The minimum Gasteiger partial charge on any atom is -0.497 e. The molecule has 0 saturated heterocycles. The van der Waals surface area contributed by atoms with Gasteiger partial charge in [0.2, 0.25) is 0 Å². The summed E-state index contributed by atoms with van der Waals surface area (Å²) < 4.78 is 5.12. The molecule has 0 spiro atoms. The predicted octanol–water partition coefficient (Wildman–Crippen LogP) is 3.92. The van der Waals surface area contributed by atoms with Crippen LogP contribution in [0.1, 0.15) is 5.56 Å². The molecule has 1 aromatic carbocycles. The number of hydrogen-bond donors (Lipinski definition) is 2. The van der Waals surface area contributed by atoms with Gasteiger partial charge in [0.1, 0.15) is 17.2 Å². The molecule has 0 atom stereocenters. The van der Waals surface area contributed by atoms with Gasteiger partial charge in [-0.2, -0.15) is 0 Å². The Hall–Kier alpha value is -3.34. The number of allylic oxidation sites excluding steroid dienone is 2. The Morgan fingerprint density at radius 2 is 2.08 bits per heavy atom. The average molecular weight is 332 g/mol. The standard InChI is InChI=1S/C20H20N4O/c1-14(12-15-13-23-20-18(15)4-3-11-22-20)5-10-19(21)24-16-6-8-17(25-2)9-7-16/h3-11,13H,1,12H2,2H3,(H2,21,24)(H,22,23)/b10-5-. The smallest absolute Gasteiger partial charge is 0.137 e. The van der Waals surface area contributed by atoms with E-state index in [0.717, 1.165) is 40.0 Å². The first kappa shape index (κ1) is 16.5. The van der Waals surface area contributed by atoms with Gasteiger partial charge in [0.25, 0.3) is 0 Å². The molecule has 3 aromatic rings. The van der Waals surface area contributed by atoms with Crippen molar-refractivity contribution in [2.24, 2.45) is 10.7 Å². The molecule has 5 nitrogen and oxygen atoms in total. The molecule has 0 amide bonds. The van der Waals surface area contributed by atoms with Gasteiger partial charge in [0, 0.05) is 17.8 Å². The minimum absolute atomic E-state index is 0.423. The van der Waals surface area contributed by atoms with E-state index in [1.165, 1.54) is 0 Å². The van der Waals surface area contributed by atoms with Crippen molar-refractivity contribution in [3.05, 3.63) is 78.7 Å². The van der Waals surface area contributed by atoms with Gasteiger partial charge in [0.05, 0.1) is 12.8 Å². The number of methoxy groups -OCH3 is 1. The number of amidine groups is 1. The highest BCUT2D eigenvalue weighted by Crippen LogP contribution is 2.19. The number of pyridine rings is 1. The zero-order valence-corrected chi connectivity index (χ0v) is 14.1. The van der Waals surface area contributed by atoms with Crippen molar-refractivity contribution in [1.29, 1.82) is 0 Å². The molecule has 0 radical (unpaired) electrons. The molecule has 0 bridgehead atoms. The van der Waals surface area contributed by atoms with Crippen molar-refractivity contribution in [1.82, 2.24) is 9.97 Å². The highest BCUT2D eigenvalue weighted by molar-refractivity contribution is 5.93. The van der Waals surface area contributed by atoms with Gasteiger partial charge in [-0.25, -0.2) is 9.98 Å². The third kappa shape index (κ3) is 4.14. The van der Waals surface area contributed by atoms with Crippen LogP contribution in [0.2, 0.25) is 0 Å². The molecule has 0 aliphatic carbocycles. The summed E-state index contributed by atoms with van der Waals surface area (Å²) in [5.74, 6) is 1.21. The number of fused-ring (bicyclic) bond motifs is 1. The Balaban J connectivity index is 1.66. The van der Waals surface area contributed by atoms with Crippen molar-refractivity contribution >= 4 is 22.6 Å². The molecule has 0 unspecified atom stereocenters. The maximum absolute atomic E-state index is 5.96. The van der Waals surface area contributed by atoms with E-state index in [0.29, 0.717) is 5.84 Å². The SMILES string of the molecule is C=C(/C=C\C(N)=Nc1ccc(OC)cc1)Cc1c[nH]c2ncccc12. The first-order valence-electron chi connectivity index (χ1n) is 7.91. The van der Waals surface area contributed by atoms with Crippen molar-refractivity contribution < 1.29 is 4.74 Å². The first-order valence-corrected chi connectivity index (χ1v) is 7.91. The van der Waals surface area contributed by atoms with Crippen molar-refractivity contribution in [2.45, 2.75) is 6.42 Å². The molecule has 0 fully saturated rings. The van der Waals surface area contributed by atoms with Crippen LogP contribution >= 0.6 is 0 Å². The summed E-state index contributed by atoms with van der Waals surface area (Å²) in [5.41, 5.74) is 9.72. The lowest BCUT2D eigenvalue weighted by Crippen LogP contribution is -2.06. The molecule has 126 valence electrons. The van der Waals surface area contributed by atoms with Crippen LogP contribution in [0.5, 0.6) is 5.75 Å². The van der Waals surface area contributed by atoms with Gasteiger partial charge in [-0.3, -0.25) is 0 Å². The second-order valence-electron chi connectivity index (χ2n) is 5.62. The van der Waals surface area contributed by atoms with Crippen LogP contribution in [0.3, 0.4) is 0 Å². The summed E-state index contributed by atoms with van der Waals surface area (Å²) in [6.45, 7) is 4.09. The van der Waals surface area contributed by atoms with E-state index in [9.17, 15) is 0 Å². The van der Waals surface area contributed by atoms with Gasteiger partial charge in [-0.15, -0.1) is 0 Å². The molecule has 2 aromatic heterocycles. The lowest BCUT2D eigenvalue weighted by atomic mass is 10.1. The Bertz CT molecular complexity index is 936. The van der Waals surface area contributed by atoms with Gasteiger partial charge in [0.15, 0.2) is 0 Å². The molecular formula is C20H20N4O. The Labute approximate surface area is 146 Å². The van der Waals surface area contributed by atoms with Crippen LogP contribution < -0.4 is 10.5 Å². The summed E-state index contributed by atoms with van der Waals surface area (Å²) in [7, 11) is 1.63. The number of nitrogens with one attached hydrogen (secondary N) is 1. The van der Waals surface area contributed by atoms with Crippen molar-refractivity contribution in [3.8, 4) is 5.75 Å². The first-order chi connectivity index (χ1) is 12.2. The molecule has 3 N–H and O–H groups in total. The normalized spacial score (nSPS) is 12.0. The highest BCUT2D eigenvalue weighted by Gasteiger charge is 2.04. The van der Waals surface area contributed by atoms with Gasteiger partial charge >= 0.3 is 0 Å². The van der Waals surface area contributed by atoms with E-state index in [2.05, 4.69) is 21.5 Å². The fourth-order valence-electron chi connectivity index (χ4n) is 2.51. The Morgan fingerprint density at radius 1 is 1.28 bits per heavy atom. The number of benzene rings is 1. The van der Waals surface area contributed by atoms with Crippen LogP contribution in [0.4, 0.5) is 5.69 Å². The van der Waals surface area contributed by atoms with Crippen LogP contribution in [0.25, 0.3) is 11.0 Å². The number of aliphatic imine (C=N–C) groups is 1. The van der Waals surface area contributed by atoms with Crippen molar-refractivity contribution in [2.75, 3.05) is 7.11 Å². The summed E-state index contributed by atoms with van der Waals surface area (Å²) >= 11 is 0. The monoisotopic (exact) mass is 332 g/mol. The highest BCUT2D eigenvalue weighted by atomic mass is 16.5. The molecule has 0 aliphatic heterocycles. The fraction of sp³-hybridized carbons (Fsp3) is 0.100. The third-order valence-electron chi connectivity index (χ3n) is 3.77. The molecule has 0 saturated carbocycles. The van der Waals surface area contributed by atoms with Crippen LogP contribution in [0.15, 0.2) is 78.1 Å². The third-order valence-corrected chi connectivity index (χ3v) is 3.77. The molecule has 3 rings (SSSR count). The van der Waals surface area contributed by atoms with Gasteiger partial charge in [-0.1, -0.05) is 18.2 Å². The molecule has 25 heavy (non-hydrogen) atoms. The van der Waals surface area contributed by atoms with Crippen LogP contribution in [-0.2, 0) is 6.42 Å². The van der Waals surface area contributed by atoms with Gasteiger partial charge < -0.3 is 15.5 Å². The predicted molar refractivity (Wildman–Crippen MR) is 102 cm³/mol. The summed E-state index contributed by atoms with van der Waals surface area (Å²) in [4.78, 5) is 11.8. The van der Waals surface area contributed by atoms with Crippen LogP contribution in [0, 0.1) is 0 Å². The molecule has 5 heteroatoms. The van der Waals surface area contributed by atoms with E-state index in [1.54, 1.807) is 19.4 Å². The average Bonchev–Trinajstić information content (AvgIpc) is 3.04. The Kier molecular flexibility index (Phi) is 4.95. The summed E-state index contributed by atoms with van der Waals surface area (Å²) in [6, 6.07) is 11.4. The lowest BCUT2D eigenvalue weighted by Gasteiger charge is -2.01. The zero-order valence-electron chi connectivity index (χ0n) is 14.1. The van der Waals surface area contributed by atoms with E-state index in [1.807, 2.05) is 48.7 Å². The lowest BCUT2D eigenvalue weighted by molar-refractivity contribution is 0.415. The summed E-state index contributed by atoms with van der Waals surface area (Å²) in [6.07, 6.45) is 8.11. The molecular weight excluding hydrogens is 312 g/mol. The van der Waals surface area contributed by atoms with Crippen LogP contribution in [-0.4, -0.2) is 22.9 Å². The number of aromatic amines is 1. The topological polar surface area (TPSA) is 76.3 Å². The fourth-order valence-corrected chi connectivity index (χ4v) is 2.51. The number of ether oxygens (including phenoxy) is 1. The van der Waals surface area contributed by atoms with Gasteiger partial charge in [-0.05, 0) is 54.5 Å². The van der Waals surface area contributed by atoms with E-state index in [-0.39, 0.29) is 0 Å². The van der Waals surface area contributed by atoms with Crippen molar-refractivity contribution in [3.63, 3.8) is 0 Å². The maximum atomic E-state index is 5.96. The molecule has 2 heterocycles. The number of nitrogens with two attached hydrogens (primary N) is 1. The van der Waals surface area contributed by atoms with E-state index < -0.39 is 0 Å². The maximum Gasteiger partial charge on any atom is 0.137 e. The number of rotatable bonds is 6. The second kappa shape index (κ2) is 7.49. The number of H-pyrrole nitrogens is 1. The minimum atomic E-state index is 0.423. The second-order valence-corrected chi connectivity index (χ2v) is 5.62. The molecule has 0 aliphatic rings. The number of aromatic nitrogens is 2. The van der Waals surface area contributed by atoms with E-state index in [4.69, 9.17) is 10.5 Å². The van der Waals surface area contributed by atoms with E-state index >= 15 is 0 Å². The quantitative estimate of drug-likeness (QED) is 0.408.